The summed E-state index contributed by atoms with van der Waals surface area (Å²) in [5.41, 5.74) is 1.38. The smallest absolute Gasteiger partial charge is 0.284 e. The van der Waals surface area contributed by atoms with Crippen molar-refractivity contribution in [1.82, 2.24) is 15.5 Å². The predicted molar refractivity (Wildman–Crippen MR) is 87.6 cm³/mol. The maximum absolute atomic E-state index is 12.3. The molecule has 0 bridgehead atoms. The molecule has 6 nitrogen and oxygen atoms in total. The summed E-state index contributed by atoms with van der Waals surface area (Å²) in [5.74, 6) is 0.816. The van der Waals surface area contributed by atoms with Crippen molar-refractivity contribution < 1.29 is 13.9 Å². The zero-order valence-corrected chi connectivity index (χ0v) is 13.7. The Morgan fingerprint density at radius 3 is 2.65 bits per heavy atom. The Morgan fingerprint density at radius 1 is 1.35 bits per heavy atom. The van der Waals surface area contributed by atoms with Gasteiger partial charge in [0, 0.05) is 30.4 Å². The second kappa shape index (κ2) is 7.06. The molecule has 1 amide bonds. The Labute approximate surface area is 139 Å². The van der Waals surface area contributed by atoms with Gasteiger partial charge >= 0.3 is 0 Å². The van der Waals surface area contributed by atoms with E-state index in [1.165, 1.54) is 0 Å². The predicted octanol–water partition coefficient (Wildman–Crippen LogP) is 2.94. The molecule has 1 aromatic heterocycles. The molecule has 2 heterocycles. The van der Waals surface area contributed by atoms with Gasteiger partial charge < -0.3 is 14.5 Å². The molecule has 1 atom stereocenters. The number of hydrogen-bond donors (Lipinski definition) is 2. The zero-order chi connectivity index (χ0) is 16.2. The number of hydrogen-bond acceptors (Lipinski definition) is 5. The van der Waals surface area contributed by atoms with Gasteiger partial charge in [-0.2, -0.15) is 0 Å². The van der Waals surface area contributed by atoms with Gasteiger partial charge in [0.1, 0.15) is 0 Å². The van der Waals surface area contributed by atoms with Crippen LogP contribution in [0.4, 0.5) is 0 Å². The average molecular weight is 333 g/mol. The number of amides is 1. The summed E-state index contributed by atoms with van der Waals surface area (Å²) < 4.78 is 10.6. The Balaban J connectivity index is 1.64. The lowest BCUT2D eigenvalue weighted by atomic mass is 9.93. The number of benzene rings is 1. The first-order chi connectivity index (χ1) is 11.1. The molecular formula is C16H19N3O3S. The molecule has 23 heavy (non-hydrogen) atoms. The summed E-state index contributed by atoms with van der Waals surface area (Å²) in [6, 6.07) is 7.24. The highest BCUT2D eigenvalue weighted by Crippen LogP contribution is 2.20. The fourth-order valence-electron chi connectivity index (χ4n) is 2.74. The second-order valence-electron chi connectivity index (χ2n) is 5.71. The molecule has 2 aromatic rings. The summed E-state index contributed by atoms with van der Waals surface area (Å²) in [5, 5.41) is 9.61. The van der Waals surface area contributed by atoms with Crippen molar-refractivity contribution in [2.45, 2.75) is 25.8 Å². The molecule has 122 valence electrons. The number of rotatable bonds is 4. The fourth-order valence-corrected chi connectivity index (χ4v) is 2.87. The molecule has 7 heteroatoms. The maximum atomic E-state index is 12.3. The van der Waals surface area contributed by atoms with Crippen LogP contribution in [0, 0.1) is 10.8 Å². The number of nitrogens with zero attached hydrogens (tertiary/aromatic N) is 1. The topological polar surface area (TPSA) is 80.2 Å². The van der Waals surface area contributed by atoms with Crippen molar-refractivity contribution in [3.8, 4) is 11.5 Å². The number of nitrogens with one attached hydrogen (secondary N) is 2. The minimum absolute atomic E-state index is 0.0709. The van der Waals surface area contributed by atoms with Gasteiger partial charge in [-0.1, -0.05) is 0 Å². The van der Waals surface area contributed by atoms with E-state index >= 15 is 0 Å². The molecule has 1 unspecified atom stereocenters. The van der Waals surface area contributed by atoms with Crippen molar-refractivity contribution in [3.05, 3.63) is 34.7 Å². The summed E-state index contributed by atoms with van der Waals surface area (Å²) in [6.45, 7) is 3.60. The van der Waals surface area contributed by atoms with Crippen LogP contribution in [0.3, 0.4) is 0 Å². The molecule has 1 saturated heterocycles. The number of aromatic nitrogens is 2. The van der Waals surface area contributed by atoms with E-state index in [0.29, 0.717) is 17.4 Å². The standard InChI is InChI=1S/C16H19N3O3S/c1-10(11-6-8-21-9-7-11)17-14(20)12-2-4-13(5-3-12)15-18-19-16(23)22-15/h2-5,10-11H,6-9H2,1H3,(H,17,20)(H,19,23). The van der Waals surface area contributed by atoms with Crippen LogP contribution >= 0.6 is 12.2 Å². The molecule has 1 aliphatic rings. The van der Waals surface area contributed by atoms with Gasteiger partial charge in [0.15, 0.2) is 0 Å². The molecule has 1 aliphatic heterocycles. The third kappa shape index (κ3) is 3.86. The first-order valence-electron chi connectivity index (χ1n) is 7.68. The zero-order valence-electron chi connectivity index (χ0n) is 12.9. The summed E-state index contributed by atoms with van der Waals surface area (Å²) in [4.78, 5) is 12.6. The van der Waals surface area contributed by atoms with E-state index in [1.54, 1.807) is 24.3 Å². The normalized spacial score (nSPS) is 16.9. The van der Waals surface area contributed by atoms with Crippen molar-refractivity contribution in [2.24, 2.45) is 5.92 Å². The molecule has 0 radical (unpaired) electrons. The van der Waals surface area contributed by atoms with Gasteiger partial charge in [-0.15, -0.1) is 5.10 Å². The average Bonchev–Trinajstić information content (AvgIpc) is 3.02. The third-order valence-electron chi connectivity index (χ3n) is 4.16. The van der Waals surface area contributed by atoms with Gasteiger partial charge in [-0.25, -0.2) is 5.10 Å². The minimum Gasteiger partial charge on any atom is -0.409 e. The van der Waals surface area contributed by atoms with Gasteiger partial charge in [0.2, 0.25) is 5.89 Å². The van der Waals surface area contributed by atoms with Crippen LogP contribution < -0.4 is 5.32 Å². The summed E-state index contributed by atoms with van der Waals surface area (Å²) >= 11 is 4.85. The van der Waals surface area contributed by atoms with E-state index in [-0.39, 0.29) is 16.8 Å². The highest BCUT2D eigenvalue weighted by Gasteiger charge is 2.22. The second-order valence-corrected chi connectivity index (χ2v) is 6.08. The van der Waals surface area contributed by atoms with Crippen LogP contribution in [0.15, 0.2) is 28.7 Å². The van der Waals surface area contributed by atoms with E-state index < -0.39 is 0 Å². The minimum atomic E-state index is -0.0709. The molecular weight excluding hydrogens is 314 g/mol. The quantitative estimate of drug-likeness (QED) is 0.841. The molecule has 0 saturated carbocycles. The van der Waals surface area contributed by atoms with Gasteiger partial charge in [-0.3, -0.25) is 4.79 Å². The lowest BCUT2D eigenvalue weighted by Crippen LogP contribution is -2.40. The lowest BCUT2D eigenvalue weighted by Gasteiger charge is -2.28. The molecule has 0 aliphatic carbocycles. The Hall–Kier alpha value is -1.99. The van der Waals surface area contributed by atoms with E-state index in [0.717, 1.165) is 31.6 Å². The lowest BCUT2D eigenvalue weighted by molar-refractivity contribution is 0.0538. The summed E-state index contributed by atoms with van der Waals surface area (Å²) in [6.07, 6.45) is 1.98. The third-order valence-corrected chi connectivity index (χ3v) is 4.34. The van der Waals surface area contributed by atoms with Gasteiger partial charge in [-0.05, 0) is 62.2 Å². The first-order valence-corrected chi connectivity index (χ1v) is 8.09. The molecule has 3 rings (SSSR count). The molecule has 0 spiro atoms. The summed E-state index contributed by atoms with van der Waals surface area (Å²) in [7, 11) is 0. The van der Waals surface area contributed by atoms with E-state index in [4.69, 9.17) is 21.4 Å². The van der Waals surface area contributed by atoms with Crippen LogP contribution in [0.5, 0.6) is 0 Å². The van der Waals surface area contributed by atoms with E-state index in [9.17, 15) is 4.79 Å². The van der Waals surface area contributed by atoms with Crippen LogP contribution in [0.2, 0.25) is 0 Å². The van der Waals surface area contributed by atoms with Crippen LogP contribution in [-0.4, -0.2) is 35.4 Å². The fraction of sp³-hybridized carbons (Fsp3) is 0.438. The largest absolute Gasteiger partial charge is 0.409 e. The molecule has 2 N–H and O–H groups in total. The van der Waals surface area contributed by atoms with E-state index in [1.807, 2.05) is 0 Å². The van der Waals surface area contributed by atoms with E-state index in [2.05, 4.69) is 22.4 Å². The van der Waals surface area contributed by atoms with Crippen molar-refractivity contribution >= 4 is 18.1 Å². The maximum Gasteiger partial charge on any atom is 0.284 e. The van der Waals surface area contributed by atoms with Crippen LogP contribution in [0.1, 0.15) is 30.1 Å². The number of ether oxygens (including phenoxy) is 1. The van der Waals surface area contributed by atoms with Crippen molar-refractivity contribution in [2.75, 3.05) is 13.2 Å². The van der Waals surface area contributed by atoms with Crippen LogP contribution in [0.25, 0.3) is 11.5 Å². The Morgan fingerprint density at radius 2 is 2.04 bits per heavy atom. The Bertz CT molecular complexity index is 717. The van der Waals surface area contributed by atoms with Gasteiger partial charge in [0.25, 0.3) is 10.7 Å². The SMILES string of the molecule is CC(NC(=O)c1ccc(-c2n[nH]c(=S)o2)cc1)C1CCOCC1. The number of carbonyl (C=O) groups is 1. The van der Waals surface area contributed by atoms with Crippen molar-refractivity contribution in [1.29, 1.82) is 0 Å². The van der Waals surface area contributed by atoms with Crippen LogP contribution in [-0.2, 0) is 4.74 Å². The number of H-pyrrole nitrogens is 1. The van der Waals surface area contributed by atoms with Crippen molar-refractivity contribution in [3.63, 3.8) is 0 Å². The first kappa shape index (κ1) is 15.9. The number of aromatic amines is 1. The molecule has 1 fully saturated rings. The Kier molecular flexibility index (Phi) is 4.88. The highest BCUT2D eigenvalue weighted by atomic mass is 32.1. The number of carbonyl (C=O) groups excluding carboxylic acids is 1. The monoisotopic (exact) mass is 333 g/mol. The van der Waals surface area contributed by atoms with Gasteiger partial charge in [0.05, 0.1) is 0 Å². The molecule has 1 aromatic carbocycles. The highest BCUT2D eigenvalue weighted by molar-refractivity contribution is 7.71.